The molecule has 2 rings (SSSR count). The lowest BCUT2D eigenvalue weighted by Crippen LogP contribution is -2.05. The Balaban J connectivity index is 2.52. The standard InChI is InChI=1S/C8H7ClN4O2S/c1-16(14,15)7-2-3-10-8(12-7)13-4-6(9)11-5-13/h2-5H,1H3. The van der Waals surface area contributed by atoms with Crippen molar-refractivity contribution in [2.75, 3.05) is 6.26 Å². The highest BCUT2D eigenvalue weighted by Gasteiger charge is 2.11. The molecule has 0 saturated heterocycles. The molecule has 0 radical (unpaired) electrons. The lowest BCUT2D eigenvalue weighted by atomic mass is 10.6. The molecule has 6 nitrogen and oxygen atoms in total. The van der Waals surface area contributed by atoms with Gasteiger partial charge in [-0.3, -0.25) is 4.57 Å². The van der Waals surface area contributed by atoms with Gasteiger partial charge in [0, 0.05) is 12.5 Å². The first kappa shape index (κ1) is 11.0. The predicted octanol–water partition coefficient (Wildman–Crippen LogP) is 0.719. The third kappa shape index (κ3) is 2.20. The molecule has 8 heteroatoms. The van der Waals surface area contributed by atoms with Gasteiger partial charge in [0.05, 0.1) is 6.20 Å². The highest BCUT2D eigenvalue weighted by molar-refractivity contribution is 7.90. The maximum absolute atomic E-state index is 11.3. The van der Waals surface area contributed by atoms with Crippen LogP contribution in [0.2, 0.25) is 5.15 Å². The second-order valence-electron chi connectivity index (χ2n) is 3.07. The van der Waals surface area contributed by atoms with Gasteiger partial charge in [0.1, 0.15) is 11.5 Å². The smallest absolute Gasteiger partial charge is 0.236 e. The summed E-state index contributed by atoms with van der Waals surface area (Å²) in [5, 5.41) is 0.246. The molecule has 2 aromatic heterocycles. The first-order valence-electron chi connectivity index (χ1n) is 4.20. The van der Waals surface area contributed by atoms with Gasteiger partial charge in [0.25, 0.3) is 0 Å². The minimum Gasteiger partial charge on any atom is -0.273 e. The second-order valence-corrected chi connectivity index (χ2v) is 5.42. The van der Waals surface area contributed by atoms with Gasteiger partial charge >= 0.3 is 0 Å². The number of hydrogen-bond donors (Lipinski definition) is 0. The van der Waals surface area contributed by atoms with Crippen LogP contribution in [0.3, 0.4) is 0 Å². The van der Waals surface area contributed by atoms with E-state index in [0.29, 0.717) is 0 Å². The van der Waals surface area contributed by atoms with Crippen molar-refractivity contribution >= 4 is 21.4 Å². The Morgan fingerprint density at radius 3 is 2.69 bits per heavy atom. The summed E-state index contributed by atoms with van der Waals surface area (Å²) in [5.41, 5.74) is 0. The molecular weight excluding hydrogens is 252 g/mol. The number of sulfone groups is 1. The molecule has 0 bridgehead atoms. The van der Waals surface area contributed by atoms with Gasteiger partial charge in [0.15, 0.2) is 14.9 Å². The fourth-order valence-corrected chi connectivity index (χ4v) is 1.78. The Hall–Kier alpha value is -1.47. The van der Waals surface area contributed by atoms with Crippen molar-refractivity contribution < 1.29 is 8.42 Å². The van der Waals surface area contributed by atoms with Crippen molar-refractivity contribution in [3.8, 4) is 5.95 Å². The fraction of sp³-hybridized carbons (Fsp3) is 0.125. The molecule has 0 fully saturated rings. The van der Waals surface area contributed by atoms with Gasteiger partial charge in [0.2, 0.25) is 5.95 Å². The van der Waals surface area contributed by atoms with E-state index in [0.717, 1.165) is 6.26 Å². The third-order valence-corrected chi connectivity index (χ3v) is 2.96. The van der Waals surface area contributed by atoms with Crippen LogP contribution in [0.4, 0.5) is 0 Å². The maximum Gasteiger partial charge on any atom is 0.236 e. The summed E-state index contributed by atoms with van der Waals surface area (Å²) in [6, 6.07) is 1.33. The van der Waals surface area contributed by atoms with Crippen LogP contribution in [-0.2, 0) is 9.84 Å². The molecule has 0 aliphatic rings. The number of nitrogens with zero attached hydrogens (tertiary/aromatic N) is 4. The van der Waals surface area contributed by atoms with Crippen LogP contribution < -0.4 is 0 Å². The Morgan fingerprint density at radius 1 is 1.38 bits per heavy atom. The molecule has 0 aromatic carbocycles. The van der Waals surface area contributed by atoms with Crippen LogP contribution >= 0.6 is 11.6 Å². The normalized spacial score (nSPS) is 11.6. The average molecular weight is 259 g/mol. The molecule has 0 atom stereocenters. The highest BCUT2D eigenvalue weighted by atomic mass is 35.5. The molecule has 0 saturated carbocycles. The van der Waals surface area contributed by atoms with Crippen molar-refractivity contribution in [3.05, 3.63) is 29.9 Å². The zero-order chi connectivity index (χ0) is 11.8. The van der Waals surface area contributed by atoms with E-state index in [1.54, 1.807) is 0 Å². The van der Waals surface area contributed by atoms with Gasteiger partial charge in [-0.1, -0.05) is 11.6 Å². The molecule has 0 N–H and O–H groups in total. The van der Waals surface area contributed by atoms with E-state index in [2.05, 4.69) is 15.0 Å². The van der Waals surface area contributed by atoms with Crippen LogP contribution in [0.15, 0.2) is 29.8 Å². The molecule has 0 aliphatic carbocycles. The molecule has 2 aromatic rings. The van der Waals surface area contributed by atoms with Crippen LogP contribution in [0.1, 0.15) is 0 Å². The van der Waals surface area contributed by atoms with Crippen LogP contribution in [0.5, 0.6) is 0 Å². The molecule has 16 heavy (non-hydrogen) atoms. The van der Waals surface area contributed by atoms with E-state index in [4.69, 9.17) is 11.6 Å². The van der Waals surface area contributed by atoms with E-state index in [1.807, 2.05) is 0 Å². The summed E-state index contributed by atoms with van der Waals surface area (Å²) in [6.07, 6.45) is 5.35. The minimum absolute atomic E-state index is 0.0395. The Kier molecular flexibility index (Phi) is 2.64. The van der Waals surface area contributed by atoms with Crippen molar-refractivity contribution in [1.82, 2.24) is 19.5 Å². The summed E-state index contributed by atoms with van der Waals surface area (Å²) in [7, 11) is -3.34. The summed E-state index contributed by atoms with van der Waals surface area (Å²) in [5.74, 6) is 0.210. The zero-order valence-corrected chi connectivity index (χ0v) is 9.77. The monoisotopic (exact) mass is 258 g/mol. The van der Waals surface area contributed by atoms with Crippen molar-refractivity contribution in [1.29, 1.82) is 0 Å². The van der Waals surface area contributed by atoms with Gasteiger partial charge in [-0.05, 0) is 6.07 Å². The van der Waals surface area contributed by atoms with Crippen molar-refractivity contribution in [2.24, 2.45) is 0 Å². The topological polar surface area (TPSA) is 77.7 Å². The van der Waals surface area contributed by atoms with Gasteiger partial charge < -0.3 is 0 Å². The average Bonchev–Trinajstić information content (AvgIpc) is 2.64. The molecular formula is C8H7ClN4O2S. The maximum atomic E-state index is 11.3. The Morgan fingerprint density at radius 2 is 2.12 bits per heavy atom. The van der Waals surface area contributed by atoms with Gasteiger partial charge in [-0.2, -0.15) is 0 Å². The summed E-state index contributed by atoms with van der Waals surface area (Å²) in [6.45, 7) is 0. The number of hydrogen-bond acceptors (Lipinski definition) is 5. The van der Waals surface area contributed by atoms with E-state index in [-0.39, 0.29) is 16.1 Å². The lowest BCUT2D eigenvalue weighted by Gasteiger charge is -2.01. The Bertz CT molecular complexity index is 622. The van der Waals surface area contributed by atoms with Gasteiger partial charge in [-0.15, -0.1) is 0 Å². The van der Waals surface area contributed by atoms with E-state index in [9.17, 15) is 8.42 Å². The second kappa shape index (κ2) is 3.84. The first-order chi connectivity index (χ1) is 7.47. The largest absolute Gasteiger partial charge is 0.273 e. The van der Waals surface area contributed by atoms with Crippen molar-refractivity contribution in [3.63, 3.8) is 0 Å². The fourth-order valence-electron chi connectivity index (χ4n) is 1.07. The van der Waals surface area contributed by atoms with Crippen LogP contribution in [-0.4, -0.2) is 34.2 Å². The van der Waals surface area contributed by atoms with Crippen LogP contribution in [0.25, 0.3) is 5.95 Å². The summed E-state index contributed by atoms with van der Waals surface area (Å²) >= 11 is 5.63. The number of imidazole rings is 1. The summed E-state index contributed by atoms with van der Waals surface area (Å²) in [4.78, 5) is 11.6. The number of halogens is 1. The molecule has 2 heterocycles. The van der Waals surface area contributed by atoms with Gasteiger partial charge in [-0.25, -0.2) is 23.4 Å². The van der Waals surface area contributed by atoms with E-state index >= 15 is 0 Å². The van der Waals surface area contributed by atoms with E-state index in [1.165, 1.54) is 29.4 Å². The molecule has 0 amide bonds. The Labute approximate surface area is 96.9 Å². The number of rotatable bonds is 2. The van der Waals surface area contributed by atoms with Crippen LogP contribution in [0, 0.1) is 0 Å². The minimum atomic E-state index is -3.34. The zero-order valence-electron chi connectivity index (χ0n) is 8.20. The lowest BCUT2D eigenvalue weighted by molar-refractivity contribution is 0.597. The SMILES string of the molecule is CS(=O)(=O)c1ccnc(-n2cnc(Cl)c2)n1. The predicted molar refractivity (Wildman–Crippen MR) is 57.3 cm³/mol. The van der Waals surface area contributed by atoms with E-state index < -0.39 is 9.84 Å². The highest BCUT2D eigenvalue weighted by Crippen LogP contribution is 2.10. The third-order valence-electron chi connectivity index (χ3n) is 1.78. The molecule has 84 valence electrons. The van der Waals surface area contributed by atoms with Crippen molar-refractivity contribution in [2.45, 2.75) is 5.03 Å². The quantitative estimate of drug-likeness (QED) is 0.742. The summed E-state index contributed by atoms with van der Waals surface area (Å²) < 4.78 is 24.0. The first-order valence-corrected chi connectivity index (χ1v) is 6.47. The molecule has 0 aliphatic heterocycles. The molecule has 0 spiro atoms. The number of aromatic nitrogens is 4. The molecule has 0 unspecified atom stereocenters.